The van der Waals surface area contributed by atoms with Crippen LogP contribution < -0.4 is 0 Å². The molecule has 0 saturated carbocycles. The molecule has 14 heavy (non-hydrogen) atoms. The van der Waals surface area contributed by atoms with Crippen LogP contribution in [0.3, 0.4) is 0 Å². The van der Waals surface area contributed by atoms with Gasteiger partial charge in [-0.2, -0.15) is 0 Å². The zero-order valence-corrected chi connectivity index (χ0v) is 9.25. The molecule has 2 heterocycles. The summed E-state index contributed by atoms with van der Waals surface area (Å²) in [5, 5.41) is 0. The number of Topliss-reactive ketones (excluding diaryl/α,β-unsaturated/α-hetero) is 1. The normalized spacial score (nSPS) is 29.7. The molecule has 2 saturated heterocycles. The Labute approximate surface area is 86.1 Å². The van der Waals surface area contributed by atoms with Gasteiger partial charge in [0.15, 0.2) is 0 Å². The number of carbonyl (C=O) groups is 1. The van der Waals surface area contributed by atoms with E-state index in [2.05, 4.69) is 23.9 Å². The van der Waals surface area contributed by atoms with Crippen molar-refractivity contribution in [3.63, 3.8) is 0 Å². The summed E-state index contributed by atoms with van der Waals surface area (Å²) in [6.45, 7) is 3.23. The fourth-order valence-electron chi connectivity index (χ4n) is 2.71. The predicted octanol–water partition coefficient (Wildman–Crippen LogP) is 0.746. The molecule has 1 spiro atoms. The molecule has 80 valence electrons. The molecule has 2 aliphatic heterocycles. The summed E-state index contributed by atoms with van der Waals surface area (Å²) in [5.74, 6) is 0.465. The molecule has 2 fully saturated rings. The number of carbonyl (C=O) groups excluding carboxylic acids is 1. The van der Waals surface area contributed by atoms with E-state index in [0.29, 0.717) is 5.78 Å². The van der Waals surface area contributed by atoms with Crippen molar-refractivity contribution in [1.29, 1.82) is 0 Å². The zero-order valence-electron chi connectivity index (χ0n) is 9.25. The molecule has 3 nitrogen and oxygen atoms in total. The average Bonchev–Trinajstić information content (AvgIpc) is 2.17. The van der Waals surface area contributed by atoms with E-state index in [0.717, 1.165) is 45.3 Å². The van der Waals surface area contributed by atoms with Crippen LogP contribution in [0.1, 0.15) is 25.7 Å². The largest absolute Gasteiger partial charge is 0.306 e. The van der Waals surface area contributed by atoms with Gasteiger partial charge in [0.05, 0.1) is 0 Å². The van der Waals surface area contributed by atoms with Crippen LogP contribution >= 0.6 is 0 Å². The van der Waals surface area contributed by atoms with Crippen molar-refractivity contribution in [1.82, 2.24) is 9.80 Å². The third-order valence-corrected chi connectivity index (χ3v) is 3.98. The maximum atomic E-state index is 11.5. The van der Waals surface area contributed by atoms with Gasteiger partial charge in [0.1, 0.15) is 5.78 Å². The summed E-state index contributed by atoms with van der Waals surface area (Å²) in [5.41, 5.74) is 0.210. The van der Waals surface area contributed by atoms with Crippen LogP contribution in [0.25, 0.3) is 0 Å². The molecule has 0 bridgehead atoms. The summed E-state index contributed by atoms with van der Waals surface area (Å²) in [4.78, 5) is 16.3. The average molecular weight is 196 g/mol. The van der Waals surface area contributed by atoms with Gasteiger partial charge < -0.3 is 4.90 Å². The Hall–Kier alpha value is -0.410. The summed E-state index contributed by atoms with van der Waals surface area (Å²) < 4.78 is 0. The van der Waals surface area contributed by atoms with Crippen LogP contribution in [0.4, 0.5) is 0 Å². The van der Waals surface area contributed by atoms with E-state index in [4.69, 9.17) is 0 Å². The molecule has 0 aromatic heterocycles. The molecule has 2 aliphatic rings. The Morgan fingerprint density at radius 1 is 1.14 bits per heavy atom. The van der Waals surface area contributed by atoms with Crippen molar-refractivity contribution in [2.24, 2.45) is 0 Å². The maximum absolute atomic E-state index is 11.5. The Balaban J connectivity index is 2.08. The first kappa shape index (κ1) is 10.1. The van der Waals surface area contributed by atoms with Gasteiger partial charge >= 0.3 is 0 Å². The number of hydrogen-bond acceptors (Lipinski definition) is 3. The van der Waals surface area contributed by atoms with Gasteiger partial charge in [-0.15, -0.1) is 0 Å². The Morgan fingerprint density at radius 2 is 1.79 bits per heavy atom. The highest BCUT2D eigenvalue weighted by Crippen LogP contribution is 2.34. The van der Waals surface area contributed by atoms with Crippen molar-refractivity contribution in [2.75, 3.05) is 33.7 Å². The van der Waals surface area contributed by atoms with Gasteiger partial charge in [-0.05, 0) is 40.0 Å². The van der Waals surface area contributed by atoms with E-state index in [1.165, 1.54) is 0 Å². The highest BCUT2D eigenvalue weighted by atomic mass is 16.1. The highest BCUT2D eigenvalue weighted by molar-refractivity contribution is 5.80. The van der Waals surface area contributed by atoms with Gasteiger partial charge in [-0.25, -0.2) is 0 Å². The molecule has 0 aromatic rings. The highest BCUT2D eigenvalue weighted by Gasteiger charge is 2.41. The Kier molecular flexibility index (Phi) is 2.62. The van der Waals surface area contributed by atoms with E-state index in [-0.39, 0.29) is 5.54 Å². The van der Waals surface area contributed by atoms with Crippen LogP contribution in [0.15, 0.2) is 0 Å². The third kappa shape index (κ3) is 1.71. The van der Waals surface area contributed by atoms with Crippen molar-refractivity contribution in [3.05, 3.63) is 0 Å². The van der Waals surface area contributed by atoms with Crippen LogP contribution in [0.2, 0.25) is 0 Å². The van der Waals surface area contributed by atoms with Gasteiger partial charge in [0.2, 0.25) is 0 Å². The smallest absolute Gasteiger partial charge is 0.136 e. The quantitative estimate of drug-likeness (QED) is 0.571. The third-order valence-electron chi connectivity index (χ3n) is 3.98. The SMILES string of the molecule is CN1CCC2(CC1)CC(=O)CCN2C. The molecule has 2 rings (SSSR count). The minimum Gasteiger partial charge on any atom is -0.306 e. The van der Waals surface area contributed by atoms with Gasteiger partial charge in [-0.1, -0.05) is 0 Å². The molecule has 0 N–H and O–H groups in total. The molecular formula is C11H20N2O. The first-order valence-electron chi connectivity index (χ1n) is 5.54. The summed E-state index contributed by atoms with van der Waals surface area (Å²) >= 11 is 0. The standard InChI is InChI=1S/C11H20N2O/c1-12-7-4-11(5-8-12)9-10(14)3-6-13(11)2/h3-9H2,1-2H3. The molecule has 0 amide bonds. The second kappa shape index (κ2) is 3.63. The summed E-state index contributed by atoms with van der Waals surface area (Å²) in [7, 11) is 4.34. The fourth-order valence-corrected chi connectivity index (χ4v) is 2.71. The number of likely N-dealkylation sites (tertiary alicyclic amines) is 2. The van der Waals surface area contributed by atoms with E-state index in [9.17, 15) is 4.79 Å². The van der Waals surface area contributed by atoms with E-state index >= 15 is 0 Å². The van der Waals surface area contributed by atoms with Crippen LogP contribution in [0.5, 0.6) is 0 Å². The Morgan fingerprint density at radius 3 is 2.43 bits per heavy atom. The number of ketones is 1. The molecule has 0 atom stereocenters. The van der Waals surface area contributed by atoms with Crippen molar-refractivity contribution in [2.45, 2.75) is 31.2 Å². The fraction of sp³-hybridized carbons (Fsp3) is 0.909. The second-order valence-corrected chi connectivity index (χ2v) is 4.91. The van der Waals surface area contributed by atoms with E-state index < -0.39 is 0 Å². The Bertz CT molecular complexity index is 231. The van der Waals surface area contributed by atoms with Crippen LogP contribution in [-0.4, -0.2) is 54.9 Å². The lowest BCUT2D eigenvalue weighted by molar-refractivity contribution is -0.127. The minimum atomic E-state index is 0.210. The van der Waals surface area contributed by atoms with Crippen molar-refractivity contribution >= 4 is 5.78 Å². The van der Waals surface area contributed by atoms with Crippen LogP contribution in [0, 0.1) is 0 Å². The lowest BCUT2D eigenvalue weighted by Crippen LogP contribution is -2.57. The molecule has 3 heteroatoms. The lowest BCUT2D eigenvalue weighted by atomic mass is 9.78. The molecule has 0 unspecified atom stereocenters. The van der Waals surface area contributed by atoms with Gasteiger partial charge in [0, 0.05) is 24.9 Å². The van der Waals surface area contributed by atoms with E-state index in [1.807, 2.05) is 0 Å². The first-order chi connectivity index (χ1) is 6.62. The number of piperidine rings is 2. The van der Waals surface area contributed by atoms with Crippen LogP contribution in [-0.2, 0) is 4.79 Å². The number of hydrogen-bond donors (Lipinski definition) is 0. The number of nitrogens with zero attached hydrogens (tertiary/aromatic N) is 2. The van der Waals surface area contributed by atoms with Gasteiger partial charge in [0.25, 0.3) is 0 Å². The van der Waals surface area contributed by atoms with Crippen molar-refractivity contribution < 1.29 is 4.79 Å². The van der Waals surface area contributed by atoms with Crippen molar-refractivity contribution in [3.8, 4) is 0 Å². The molecule has 0 aliphatic carbocycles. The number of rotatable bonds is 0. The lowest BCUT2D eigenvalue weighted by Gasteiger charge is -2.49. The topological polar surface area (TPSA) is 23.6 Å². The summed E-state index contributed by atoms with van der Waals surface area (Å²) in [6, 6.07) is 0. The maximum Gasteiger partial charge on any atom is 0.136 e. The summed E-state index contributed by atoms with van der Waals surface area (Å²) in [6.07, 6.45) is 3.86. The van der Waals surface area contributed by atoms with E-state index in [1.54, 1.807) is 0 Å². The minimum absolute atomic E-state index is 0.210. The second-order valence-electron chi connectivity index (χ2n) is 4.91. The predicted molar refractivity (Wildman–Crippen MR) is 56.3 cm³/mol. The molecular weight excluding hydrogens is 176 g/mol. The zero-order chi connectivity index (χ0) is 10.2. The monoisotopic (exact) mass is 196 g/mol. The first-order valence-corrected chi connectivity index (χ1v) is 5.54. The van der Waals surface area contributed by atoms with Gasteiger partial charge in [-0.3, -0.25) is 9.69 Å². The molecule has 0 radical (unpaired) electrons. The molecule has 0 aromatic carbocycles.